The van der Waals surface area contributed by atoms with Crippen molar-refractivity contribution in [1.29, 1.82) is 0 Å². The van der Waals surface area contributed by atoms with Gasteiger partial charge >= 0.3 is 5.97 Å². The summed E-state index contributed by atoms with van der Waals surface area (Å²) in [5.74, 6) is -0.229. The summed E-state index contributed by atoms with van der Waals surface area (Å²) in [6.45, 7) is 6.10. The van der Waals surface area contributed by atoms with Crippen LogP contribution in [-0.2, 0) is 9.53 Å². The third kappa shape index (κ3) is 4.65. The lowest BCUT2D eigenvalue weighted by Crippen LogP contribution is -2.33. The van der Waals surface area contributed by atoms with Crippen molar-refractivity contribution in [3.8, 4) is 0 Å². The maximum absolute atomic E-state index is 11.4. The summed E-state index contributed by atoms with van der Waals surface area (Å²) < 4.78 is 5.11. The molecule has 84 valence electrons. The van der Waals surface area contributed by atoms with Crippen molar-refractivity contribution < 1.29 is 9.53 Å². The van der Waals surface area contributed by atoms with Crippen LogP contribution >= 0.6 is 27.5 Å². The predicted octanol–water partition coefficient (Wildman–Crippen LogP) is 3.85. The fourth-order valence-corrected chi connectivity index (χ4v) is 1.77. The van der Waals surface area contributed by atoms with Gasteiger partial charge in [-0.3, -0.25) is 4.79 Å². The number of hydrogen-bond donors (Lipinski definition) is 0. The molecule has 0 radical (unpaired) electrons. The summed E-state index contributed by atoms with van der Waals surface area (Å²) >= 11 is 8.76. The number of rotatable bonds is 6. The second-order valence-electron chi connectivity index (χ2n) is 3.31. The zero-order chi connectivity index (χ0) is 11.2. The largest absolute Gasteiger partial charge is 0.459 e. The zero-order valence-corrected chi connectivity index (χ0v) is 11.3. The highest BCUT2D eigenvalue weighted by Crippen LogP contribution is 2.26. The minimum Gasteiger partial charge on any atom is -0.459 e. The van der Waals surface area contributed by atoms with Gasteiger partial charge in [-0.15, -0.1) is 11.6 Å². The predicted molar refractivity (Wildman–Crippen MR) is 62.9 cm³/mol. The average molecular weight is 286 g/mol. The van der Waals surface area contributed by atoms with Crippen LogP contribution in [0.5, 0.6) is 0 Å². The third-order valence-corrected chi connectivity index (χ3v) is 3.06. The molecule has 4 heteroatoms. The van der Waals surface area contributed by atoms with Crippen molar-refractivity contribution in [3.63, 3.8) is 0 Å². The van der Waals surface area contributed by atoms with Crippen LogP contribution in [0, 0.1) is 0 Å². The second-order valence-corrected chi connectivity index (χ2v) is 5.47. The molecular weight excluding hydrogens is 267 g/mol. The van der Waals surface area contributed by atoms with Crippen LogP contribution < -0.4 is 0 Å². The third-order valence-electron chi connectivity index (χ3n) is 2.58. The molecule has 0 aromatic rings. The van der Waals surface area contributed by atoms with Crippen molar-refractivity contribution in [2.45, 2.75) is 56.3 Å². The number of ether oxygens (including phenoxy) is 1. The highest BCUT2D eigenvalue weighted by Gasteiger charge is 2.28. The molecule has 0 saturated carbocycles. The number of carbonyl (C=O) groups excluding carboxylic acids is 1. The molecule has 0 spiro atoms. The summed E-state index contributed by atoms with van der Waals surface area (Å²) in [7, 11) is 0. The van der Waals surface area contributed by atoms with Gasteiger partial charge in [-0.2, -0.15) is 0 Å². The first kappa shape index (κ1) is 14.2. The molecule has 0 aromatic heterocycles. The molecule has 0 heterocycles. The SMILES string of the molecule is CCC(CC)(CC)OC(=O)CC(Cl)Br. The van der Waals surface area contributed by atoms with E-state index < -0.39 is 0 Å². The molecule has 0 saturated heterocycles. The lowest BCUT2D eigenvalue weighted by atomic mass is 9.94. The van der Waals surface area contributed by atoms with E-state index in [1.807, 2.05) is 20.8 Å². The number of alkyl halides is 2. The van der Waals surface area contributed by atoms with E-state index in [0.29, 0.717) is 0 Å². The smallest absolute Gasteiger partial charge is 0.308 e. The van der Waals surface area contributed by atoms with Crippen LogP contribution in [0.15, 0.2) is 0 Å². The highest BCUT2D eigenvalue weighted by molar-refractivity contribution is 9.10. The number of esters is 1. The van der Waals surface area contributed by atoms with Crippen LogP contribution in [-0.4, -0.2) is 15.9 Å². The zero-order valence-electron chi connectivity index (χ0n) is 8.98. The van der Waals surface area contributed by atoms with Gasteiger partial charge in [0.05, 0.1) is 10.7 Å². The van der Waals surface area contributed by atoms with E-state index in [4.69, 9.17) is 16.3 Å². The monoisotopic (exact) mass is 284 g/mol. The molecule has 1 atom stereocenters. The Bertz CT molecular complexity index is 171. The summed E-state index contributed by atoms with van der Waals surface area (Å²) in [5, 5.41) is 0. The van der Waals surface area contributed by atoms with Crippen molar-refractivity contribution in [2.24, 2.45) is 0 Å². The normalized spacial score (nSPS) is 13.8. The Morgan fingerprint density at radius 1 is 1.36 bits per heavy atom. The molecular formula is C10H18BrClO2. The average Bonchev–Trinajstić information content (AvgIpc) is 2.13. The van der Waals surface area contributed by atoms with Crippen molar-refractivity contribution in [1.82, 2.24) is 0 Å². The molecule has 0 fully saturated rings. The fraction of sp³-hybridized carbons (Fsp3) is 0.900. The molecule has 14 heavy (non-hydrogen) atoms. The Balaban J connectivity index is 4.22. The quantitative estimate of drug-likeness (QED) is 0.547. The molecule has 0 aliphatic heterocycles. The first-order chi connectivity index (χ1) is 6.49. The summed E-state index contributed by atoms with van der Waals surface area (Å²) in [6.07, 6.45) is 2.76. The van der Waals surface area contributed by atoms with Gasteiger partial charge in [0, 0.05) is 0 Å². The van der Waals surface area contributed by atoms with Gasteiger partial charge < -0.3 is 4.74 Å². The van der Waals surface area contributed by atoms with Gasteiger partial charge in [0.15, 0.2) is 0 Å². The first-order valence-corrected chi connectivity index (χ1v) is 6.34. The maximum Gasteiger partial charge on any atom is 0.308 e. The van der Waals surface area contributed by atoms with E-state index in [2.05, 4.69) is 15.9 Å². The molecule has 0 rings (SSSR count). The molecule has 0 aromatic carbocycles. The van der Waals surface area contributed by atoms with E-state index in [9.17, 15) is 4.79 Å². The molecule has 0 bridgehead atoms. The molecule has 0 aliphatic carbocycles. The van der Waals surface area contributed by atoms with Gasteiger partial charge in [0.1, 0.15) is 5.60 Å². The summed E-state index contributed by atoms with van der Waals surface area (Å²) in [4.78, 5) is 11.4. The van der Waals surface area contributed by atoms with Crippen LogP contribution in [0.1, 0.15) is 46.5 Å². The molecule has 0 aliphatic rings. The Morgan fingerprint density at radius 3 is 2.07 bits per heavy atom. The topological polar surface area (TPSA) is 26.3 Å². The van der Waals surface area contributed by atoms with E-state index in [1.165, 1.54) is 0 Å². The minimum absolute atomic E-state index is 0.212. The van der Waals surface area contributed by atoms with E-state index in [1.54, 1.807) is 0 Å². The lowest BCUT2D eigenvalue weighted by molar-refractivity contribution is -0.160. The van der Waals surface area contributed by atoms with Crippen LogP contribution in [0.3, 0.4) is 0 Å². The highest BCUT2D eigenvalue weighted by atomic mass is 79.9. The molecule has 1 unspecified atom stereocenters. The standard InChI is InChI=1S/C10H18BrClO2/c1-4-10(5-2,6-3)14-9(13)7-8(11)12/h8H,4-7H2,1-3H3. The lowest BCUT2D eigenvalue weighted by Gasteiger charge is -2.30. The molecule has 0 amide bonds. The van der Waals surface area contributed by atoms with Gasteiger partial charge in [0.2, 0.25) is 0 Å². The maximum atomic E-state index is 11.4. The molecule has 0 N–H and O–H groups in total. The Kier molecular flexibility index (Phi) is 6.79. The van der Waals surface area contributed by atoms with Gasteiger partial charge in [-0.1, -0.05) is 36.7 Å². The van der Waals surface area contributed by atoms with E-state index in [-0.39, 0.29) is 22.3 Å². The van der Waals surface area contributed by atoms with Crippen LogP contribution in [0.4, 0.5) is 0 Å². The van der Waals surface area contributed by atoms with Crippen LogP contribution in [0.2, 0.25) is 0 Å². The van der Waals surface area contributed by atoms with Gasteiger partial charge in [0.25, 0.3) is 0 Å². The Morgan fingerprint density at radius 2 is 1.79 bits per heavy atom. The first-order valence-electron chi connectivity index (χ1n) is 4.99. The number of halogens is 2. The Hall–Kier alpha value is 0.240. The van der Waals surface area contributed by atoms with Crippen LogP contribution in [0.25, 0.3) is 0 Å². The number of carbonyl (C=O) groups is 1. The van der Waals surface area contributed by atoms with E-state index >= 15 is 0 Å². The molecule has 2 nitrogen and oxygen atoms in total. The van der Waals surface area contributed by atoms with Crippen molar-refractivity contribution in [2.75, 3.05) is 0 Å². The van der Waals surface area contributed by atoms with Gasteiger partial charge in [-0.05, 0) is 19.3 Å². The second kappa shape index (κ2) is 6.67. The van der Waals surface area contributed by atoms with E-state index in [0.717, 1.165) is 19.3 Å². The van der Waals surface area contributed by atoms with Crippen molar-refractivity contribution in [3.05, 3.63) is 0 Å². The minimum atomic E-state index is -0.335. The summed E-state index contributed by atoms with van der Waals surface area (Å²) in [5.41, 5.74) is -0.296. The van der Waals surface area contributed by atoms with Gasteiger partial charge in [-0.25, -0.2) is 0 Å². The van der Waals surface area contributed by atoms with Crippen molar-refractivity contribution >= 4 is 33.5 Å². The summed E-state index contributed by atoms with van der Waals surface area (Å²) in [6, 6.07) is 0. The fourth-order valence-electron chi connectivity index (χ4n) is 1.38. The Labute approximate surface area is 99.5 Å². The number of hydrogen-bond acceptors (Lipinski definition) is 2.